The molecule has 3 rings (SSSR count). The fraction of sp³-hybridized carbons (Fsp3) is 0.364. The van der Waals surface area contributed by atoms with Gasteiger partial charge in [-0.15, -0.1) is 0 Å². The fourth-order valence-corrected chi connectivity index (χ4v) is 1.96. The smallest absolute Gasteiger partial charge is 0.210 e. The average Bonchev–Trinajstić information content (AvgIpc) is 3.05. The number of nitrogens with one attached hydrogen (secondary N) is 1. The third-order valence-electron chi connectivity index (χ3n) is 2.92. The Morgan fingerprint density at radius 3 is 3.00 bits per heavy atom. The predicted molar refractivity (Wildman–Crippen MR) is 58.1 cm³/mol. The van der Waals surface area contributed by atoms with Crippen LogP contribution in [0.1, 0.15) is 30.1 Å². The molecule has 0 unspecified atom stereocenters. The molecule has 1 fully saturated rings. The zero-order valence-electron chi connectivity index (χ0n) is 8.82. The number of aromatic nitrogens is 3. The van der Waals surface area contributed by atoms with Crippen LogP contribution < -0.4 is 5.43 Å². The molecule has 2 heterocycles. The van der Waals surface area contributed by atoms with Gasteiger partial charge < -0.3 is 4.98 Å². The Morgan fingerprint density at radius 2 is 2.38 bits per heavy atom. The normalized spacial score (nSPS) is 15.2. The summed E-state index contributed by atoms with van der Waals surface area (Å²) in [4.78, 5) is 14.9. The SMILES string of the molecule is Cc1nn(C2CC2)c2[nH]cc(C#N)c(=O)c12. The van der Waals surface area contributed by atoms with Crippen LogP contribution in [0, 0.1) is 18.3 Å². The molecule has 16 heavy (non-hydrogen) atoms. The Hall–Kier alpha value is -2.09. The van der Waals surface area contributed by atoms with E-state index in [4.69, 9.17) is 5.26 Å². The summed E-state index contributed by atoms with van der Waals surface area (Å²) in [5.41, 5.74) is 1.36. The van der Waals surface area contributed by atoms with Gasteiger partial charge in [0.05, 0.1) is 17.1 Å². The Morgan fingerprint density at radius 1 is 1.62 bits per heavy atom. The van der Waals surface area contributed by atoms with E-state index >= 15 is 0 Å². The standard InChI is InChI=1S/C11H10N4O/c1-6-9-10(16)7(4-12)5-13-11(9)15(14-6)8-2-3-8/h5,8H,2-3H2,1H3,(H,13,16). The predicted octanol–water partition coefficient (Wildman–Crippen LogP) is 1.24. The molecule has 1 aliphatic carbocycles. The molecule has 0 radical (unpaired) electrons. The Kier molecular flexibility index (Phi) is 1.69. The molecule has 1 saturated carbocycles. The van der Waals surface area contributed by atoms with Crippen molar-refractivity contribution >= 4 is 11.0 Å². The lowest BCUT2D eigenvalue weighted by molar-refractivity contribution is 0.652. The van der Waals surface area contributed by atoms with Crippen molar-refractivity contribution in [3.8, 4) is 6.07 Å². The Labute approximate surface area is 91.3 Å². The summed E-state index contributed by atoms with van der Waals surface area (Å²) in [5, 5.41) is 13.7. The van der Waals surface area contributed by atoms with E-state index in [1.165, 1.54) is 6.20 Å². The molecule has 2 aromatic heterocycles. The highest BCUT2D eigenvalue weighted by Crippen LogP contribution is 2.36. The van der Waals surface area contributed by atoms with Gasteiger partial charge in [0.15, 0.2) is 0 Å². The number of aryl methyl sites for hydroxylation is 1. The van der Waals surface area contributed by atoms with Gasteiger partial charge in [-0.3, -0.25) is 4.79 Å². The molecular weight excluding hydrogens is 204 g/mol. The number of hydrogen-bond donors (Lipinski definition) is 1. The van der Waals surface area contributed by atoms with Crippen LogP contribution in [0.5, 0.6) is 0 Å². The van der Waals surface area contributed by atoms with Crippen molar-refractivity contribution < 1.29 is 0 Å². The first-order valence-corrected chi connectivity index (χ1v) is 5.23. The number of nitriles is 1. The number of pyridine rings is 1. The van der Waals surface area contributed by atoms with Crippen molar-refractivity contribution in [2.24, 2.45) is 0 Å². The van der Waals surface area contributed by atoms with Crippen molar-refractivity contribution in [2.45, 2.75) is 25.8 Å². The van der Waals surface area contributed by atoms with Gasteiger partial charge in [0.25, 0.3) is 0 Å². The van der Waals surface area contributed by atoms with Crippen LogP contribution in [0.3, 0.4) is 0 Å². The lowest BCUT2D eigenvalue weighted by Crippen LogP contribution is -2.08. The molecule has 0 spiro atoms. The topological polar surface area (TPSA) is 74.5 Å². The number of hydrogen-bond acceptors (Lipinski definition) is 3. The van der Waals surface area contributed by atoms with Gasteiger partial charge in [0, 0.05) is 6.20 Å². The highest BCUT2D eigenvalue weighted by Gasteiger charge is 2.28. The molecule has 0 amide bonds. The van der Waals surface area contributed by atoms with Crippen LogP contribution in [-0.2, 0) is 0 Å². The number of H-pyrrole nitrogens is 1. The number of fused-ring (bicyclic) bond motifs is 1. The minimum absolute atomic E-state index is 0.144. The molecule has 0 saturated heterocycles. The first kappa shape index (κ1) is 9.16. The van der Waals surface area contributed by atoms with E-state index in [-0.39, 0.29) is 11.0 Å². The van der Waals surface area contributed by atoms with Gasteiger partial charge in [-0.25, -0.2) is 4.68 Å². The van der Waals surface area contributed by atoms with E-state index < -0.39 is 0 Å². The molecule has 0 aromatic carbocycles. The van der Waals surface area contributed by atoms with Crippen LogP contribution in [0.15, 0.2) is 11.0 Å². The minimum Gasteiger partial charge on any atom is -0.345 e. The highest BCUT2D eigenvalue weighted by molar-refractivity contribution is 5.79. The third-order valence-corrected chi connectivity index (χ3v) is 2.92. The highest BCUT2D eigenvalue weighted by atomic mass is 16.1. The molecule has 1 aliphatic rings. The van der Waals surface area contributed by atoms with Crippen molar-refractivity contribution in [1.29, 1.82) is 5.26 Å². The number of aromatic amines is 1. The zero-order chi connectivity index (χ0) is 11.3. The van der Waals surface area contributed by atoms with E-state index in [2.05, 4.69) is 10.1 Å². The van der Waals surface area contributed by atoms with E-state index in [1.54, 1.807) is 6.92 Å². The van der Waals surface area contributed by atoms with Crippen LogP contribution in [-0.4, -0.2) is 14.8 Å². The molecule has 5 heteroatoms. The van der Waals surface area contributed by atoms with E-state index in [9.17, 15) is 4.79 Å². The molecule has 5 nitrogen and oxygen atoms in total. The quantitative estimate of drug-likeness (QED) is 0.776. The number of rotatable bonds is 1. The van der Waals surface area contributed by atoms with Crippen LogP contribution >= 0.6 is 0 Å². The fourth-order valence-electron chi connectivity index (χ4n) is 1.96. The summed E-state index contributed by atoms with van der Waals surface area (Å²) in [6.45, 7) is 1.80. The largest absolute Gasteiger partial charge is 0.345 e. The van der Waals surface area contributed by atoms with Gasteiger partial charge in [-0.1, -0.05) is 0 Å². The molecule has 0 aliphatic heterocycles. The second kappa shape index (κ2) is 2.95. The zero-order valence-corrected chi connectivity index (χ0v) is 8.82. The van der Waals surface area contributed by atoms with Gasteiger partial charge in [-0.2, -0.15) is 10.4 Å². The summed E-state index contributed by atoms with van der Waals surface area (Å²) < 4.78 is 1.87. The molecular formula is C11H10N4O. The maximum absolute atomic E-state index is 11.9. The Balaban J connectivity index is 2.41. The second-order valence-electron chi connectivity index (χ2n) is 4.13. The molecule has 1 N–H and O–H groups in total. The maximum atomic E-state index is 11.9. The van der Waals surface area contributed by atoms with Crippen LogP contribution in [0.4, 0.5) is 0 Å². The Bertz CT molecular complexity index is 670. The number of nitrogens with zero attached hydrogens (tertiary/aromatic N) is 3. The molecule has 0 atom stereocenters. The first-order valence-electron chi connectivity index (χ1n) is 5.23. The van der Waals surface area contributed by atoms with Crippen LogP contribution in [0.2, 0.25) is 0 Å². The third kappa shape index (κ3) is 1.10. The van der Waals surface area contributed by atoms with Crippen molar-refractivity contribution in [3.63, 3.8) is 0 Å². The second-order valence-corrected chi connectivity index (χ2v) is 4.13. The van der Waals surface area contributed by atoms with Crippen molar-refractivity contribution in [3.05, 3.63) is 27.7 Å². The monoisotopic (exact) mass is 214 g/mol. The molecule has 2 aromatic rings. The molecule has 80 valence electrons. The molecule has 0 bridgehead atoms. The summed E-state index contributed by atoms with van der Waals surface area (Å²) in [5.74, 6) is 0. The minimum atomic E-state index is -0.222. The van der Waals surface area contributed by atoms with Gasteiger partial charge in [-0.05, 0) is 19.8 Å². The lowest BCUT2D eigenvalue weighted by atomic mass is 10.2. The van der Waals surface area contributed by atoms with Gasteiger partial charge in [0.1, 0.15) is 17.3 Å². The summed E-state index contributed by atoms with van der Waals surface area (Å²) in [6.07, 6.45) is 3.68. The van der Waals surface area contributed by atoms with Crippen molar-refractivity contribution in [1.82, 2.24) is 14.8 Å². The average molecular weight is 214 g/mol. The lowest BCUT2D eigenvalue weighted by Gasteiger charge is -1.98. The maximum Gasteiger partial charge on any atom is 0.210 e. The summed E-state index contributed by atoms with van der Waals surface area (Å²) >= 11 is 0. The first-order chi connectivity index (χ1) is 7.72. The van der Waals surface area contributed by atoms with Gasteiger partial charge >= 0.3 is 0 Å². The van der Waals surface area contributed by atoms with E-state index in [0.29, 0.717) is 17.1 Å². The summed E-state index contributed by atoms with van der Waals surface area (Å²) in [6, 6.07) is 2.30. The van der Waals surface area contributed by atoms with Crippen LogP contribution in [0.25, 0.3) is 11.0 Å². The van der Waals surface area contributed by atoms with Crippen molar-refractivity contribution in [2.75, 3.05) is 0 Å². The van der Waals surface area contributed by atoms with Gasteiger partial charge in [0.2, 0.25) is 5.43 Å². The summed E-state index contributed by atoms with van der Waals surface area (Å²) in [7, 11) is 0. The van der Waals surface area contributed by atoms with E-state index in [0.717, 1.165) is 18.5 Å². The van der Waals surface area contributed by atoms with E-state index in [1.807, 2.05) is 10.8 Å².